The molecule has 0 aliphatic carbocycles. The molecule has 2 N–H and O–H groups in total. The molecule has 1 aliphatic rings. The molecular weight excluding hydrogens is 276 g/mol. The van der Waals surface area contributed by atoms with Gasteiger partial charge in [-0.1, -0.05) is 30.3 Å². The number of hydroxylamine groups is 1. The summed E-state index contributed by atoms with van der Waals surface area (Å²) in [6, 6.07) is 9.15. The molecule has 0 aromatic heterocycles. The summed E-state index contributed by atoms with van der Waals surface area (Å²) in [6.45, 7) is 0.795. The van der Waals surface area contributed by atoms with E-state index < -0.39 is 18.3 Å². The van der Waals surface area contributed by atoms with Gasteiger partial charge in [-0.15, -0.1) is 5.48 Å². The normalized spacial score (nSPS) is 18.0. The third-order valence-corrected chi connectivity index (χ3v) is 3.09. The number of rotatable bonds is 2. The molecule has 1 atom stereocenters. The van der Waals surface area contributed by atoms with Crippen molar-refractivity contribution in [2.45, 2.75) is 25.6 Å². The number of piperidine rings is 1. The van der Waals surface area contributed by atoms with Gasteiger partial charge in [-0.3, -0.25) is 0 Å². The Kier molecular flexibility index (Phi) is 5.39. The summed E-state index contributed by atoms with van der Waals surface area (Å²) in [7, 11) is 0. The Morgan fingerprint density at radius 2 is 2.10 bits per heavy atom. The monoisotopic (exact) mass is 294 g/mol. The number of carbonyl (C=O) groups excluding carboxylic acids is 2. The zero-order chi connectivity index (χ0) is 15.1. The molecule has 2 amide bonds. The molecule has 0 radical (unpaired) electrons. The van der Waals surface area contributed by atoms with Gasteiger partial charge in [0, 0.05) is 13.1 Å². The van der Waals surface area contributed by atoms with E-state index >= 15 is 0 Å². The van der Waals surface area contributed by atoms with Crippen LogP contribution < -0.4 is 5.48 Å². The van der Waals surface area contributed by atoms with Crippen LogP contribution in [-0.2, 0) is 16.2 Å². The Bertz CT molecular complexity index is 480. The largest absolute Gasteiger partial charge is 0.443 e. The number of benzene rings is 1. The van der Waals surface area contributed by atoms with Crippen molar-refractivity contribution in [3.63, 3.8) is 0 Å². The molecule has 114 valence electrons. The third-order valence-electron chi connectivity index (χ3n) is 3.09. The molecule has 0 saturated carbocycles. The second-order valence-electron chi connectivity index (χ2n) is 4.77. The standard InChI is InChI=1S/C14H18N2O5/c17-12-7-4-8-16(9-12)14(19)21-15-13(18)20-10-11-5-2-1-3-6-11/h1-3,5-6,12,17H,4,7-10H2,(H,15,18)/t12-/m1/s1. The number of aliphatic hydroxyl groups is 1. The highest BCUT2D eigenvalue weighted by atomic mass is 16.7. The number of hydrogen-bond acceptors (Lipinski definition) is 5. The van der Waals surface area contributed by atoms with Crippen molar-refractivity contribution < 1.29 is 24.3 Å². The van der Waals surface area contributed by atoms with Crippen LogP contribution in [0.25, 0.3) is 0 Å². The highest BCUT2D eigenvalue weighted by molar-refractivity contribution is 5.72. The van der Waals surface area contributed by atoms with E-state index in [1.807, 2.05) is 35.8 Å². The first-order valence-electron chi connectivity index (χ1n) is 6.75. The fourth-order valence-corrected chi connectivity index (χ4v) is 2.02. The molecule has 1 aromatic rings. The van der Waals surface area contributed by atoms with Crippen molar-refractivity contribution in [1.82, 2.24) is 10.4 Å². The molecule has 0 spiro atoms. The van der Waals surface area contributed by atoms with Crippen LogP contribution in [0, 0.1) is 0 Å². The number of β-amino-alcohol motifs (C(OH)–C–C–N with tert-alkyl or cyclic N) is 1. The van der Waals surface area contributed by atoms with E-state index in [1.165, 1.54) is 4.90 Å². The van der Waals surface area contributed by atoms with Crippen LogP contribution in [0.3, 0.4) is 0 Å². The number of hydrogen-bond donors (Lipinski definition) is 2. The number of ether oxygens (including phenoxy) is 1. The number of nitrogens with one attached hydrogen (secondary N) is 1. The van der Waals surface area contributed by atoms with Crippen LogP contribution >= 0.6 is 0 Å². The number of carbonyl (C=O) groups is 2. The van der Waals surface area contributed by atoms with E-state index in [4.69, 9.17) is 4.74 Å². The molecule has 0 bridgehead atoms. The molecule has 1 saturated heterocycles. The molecule has 7 nitrogen and oxygen atoms in total. The summed E-state index contributed by atoms with van der Waals surface area (Å²) >= 11 is 0. The first-order chi connectivity index (χ1) is 10.1. The van der Waals surface area contributed by atoms with Gasteiger partial charge in [0.25, 0.3) is 0 Å². The van der Waals surface area contributed by atoms with Gasteiger partial charge in [-0.05, 0) is 18.4 Å². The fourth-order valence-electron chi connectivity index (χ4n) is 2.02. The SMILES string of the molecule is O=C(NOC(=O)N1CCC[C@@H](O)C1)OCc1ccccc1. The van der Waals surface area contributed by atoms with Gasteiger partial charge in [0.15, 0.2) is 0 Å². The van der Waals surface area contributed by atoms with Crippen LogP contribution in [0.1, 0.15) is 18.4 Å². The Balaban J connectivity index is 1.67. The Morgan fingerprint density at radius 3 is 2.81 bits per heavy atom. The number of nitrogens with zero attached hydrogens (tertiary/aromatic N) is 1. The maximum Gasteiger partial charge on any atom is 0.441 e. The van der Waals surface area contributed by atoms with Crippen molar-refractivity contribution in [3.05, 3.63) is 35.9 Å². The lowest BCUT2D eigenvalue weighted by molar-refractivity contribution is 0.0184. The zero-order valence-electron chi connectivity index (χ0n) is 11.5. The maximum atomic E-state index is 11.6. The number of likely N-dealkylation sites (tertiary alicyclic amines) is 1. The van der Waals surface area contributed by atoms with Gasteiger partial charge in [-0.25, -0.2) is 9.59 Å². The van der Waals surface area contributed by atoms with E-state index in [9.17, 15) is 14.7 Å². The van der Waals surface area contributed by atoms with Crippen LogP contribution in [-0.4, -0.2) is 41.4 Å². The summed E-state index contributed by atoms with van der Waals surface area (Å²) in [6.07, 6.45) is -0.725. The topological polar surface area (TPSA) is 88.1 Å². The van der Waals surface area contributed by atoms with Gasteiger partial charge in [0.2, 0.25) is 0 Å². The molecule has 1 aromatic carbocycles. The van der Waals surface area contributed by atoms with E-state index in [0.717, 1.165) is 5.56 Å². The molecule has 1 fully saturated rings. The smallest absolute Gasteiger partial charge is 0.441 e. The van der Waals surface area contributed by atoms with Crippen LogP contribution in [0.5, 0.6) is 0 Å². The Hall–Kier alpha value is -2.28. The number of amides is 2. The van der Waals surface area contributed by atoms with Crippen LogP contribution in [0.2, 0.25) is 0 Å². The molecule has 21 heavy (non-hydrogen) atoms. The van der Waals surface area contributed by atoms with Gasteiger partial charge in [-0.2, -0.15) is 0 Å². The summed E-state index contributed by atoms with van der Waals surface area (Å²) in [5, 5.41) is 9.45. The van der Waals surface area contributed by atoms with E-state index in [2.05, 4.69) is 4.84 Å². The first-order valence-corrected chi connectivity index (χ1v) is 6.75. The number of aliphatic hydroxyl groups excluding tert-OH is 1. The molecule has 7 heteroatoms. The van der Waals surface area contributed by atoms with E-state index in [-0.39, 0.29) is 13.2 Å². The maximum absolute atomic E-state index is 11.6. The van der Waals surface area contributed by atoms with Gasteiger partial charge < -0.3 is 19.6 Å². The summed E-state index contributed by atoms with van der Waals surface area (Å²) in [4.78, 5) is 29.0. The summed E-state index contributed by atoms with van der Waals surface area (Å²) in [5.74, 6) is 0. The summed E-state index contributed by atoms with van der Waals surface area (Å²) in [5.41, 5.74) is 2.76. The molecule has 0 unspecified atom stereocenters. The lowest BCUT2D eigenvalue weighted by atomic mass is 10.1. The van der Waals surface area contributed by atoms with Crippen molar-refractivity contribution in [2.24, 2.45) is 0 Å². The minimum absolute atomic E-state index is 0.0899. The molecule has 1 heterocycles. The second-order valence-corrected chi connectivity index (χ2v) is 4.77. The molecule has 1 aliphatic heterocycles. The van der Waals surface area contributed by atoms with Crippen LogP contribution in [0.4, 0.5) is 9.59 Å². The van der Waals surface area contributed by atoms with Crippen molar-refractivity contribution in [3.8, 4) is 0 Å². The molecule has 2 rings (SSSR count). The lowest BCUT2D eigenvalue weighted by Crippen LogP contribution is -2.44. The van der Waals surface area contributed by atoms with E-state index in [0.29, 0.717) is 19.4 Å². The van der Waals surface area contributed by atoms with Gasteiger partial charge >= 0.3 is 12.2 Å². The minimum Gasteiger partial charge on any atom is -0.443 e. The predicted octanol–water partition coefficient (Wildman–Crippen LogP) is 1.42. The molecular formula is C14H18N2O5. The zero-order valence-corrected chi connectivity index (χ0v) is 11.5. The first kappa shape index (κ1) is 15.1. The van der Waals surface area contributed by atoms with E-state index in [1.54, 1.807) is 0 Å². The van der Waals surface area contributed by atoms with Gasteiger partial charge in [0.1, 0.15) is 6.61 Å². The minimum atomic E-state index is -0.843. The van der Waals surface area contributed by atoms with Crippen LogP contribution in [0.15, 0.2) is 30.3 Å². The predicted molar refractivity (Wildman–Crippen MR) is 73.1 cm³/mol. The Labute approximate surface area is 122 Å². The van der Waals surface area contributed by atoms with Crippen molar-refractivity contribution in [2.75, 3.05) is 13.1 Å². The van der Waals surface area contributed by atoms with Crippen molar-refractivity contribution in [1.29, 1.82) is 0 Å². The van der Waals surface area contributed by atoms with Crippen molar-refractivity contribution >= 4 is 12.2 Å². The average Bonchev–Trinajstić information content (AvgIpc) is 2.51. The lowest BCUT2D eigenvalue weighted by Gasteiger charge is -2.28. The third kappa shape index (κ3) is 4.96. The van der Waals surface area contributed by atoms with Gasteiger partial charge in [0.05, 0.1) is 6.10 Å². The fraction of sp³-hybridized carbons (Fsp3) is 0.429. The quantitative estimate of drug-likeness (QED) is 0.805. The average molecular weight is 294 g/mol. The Morgan fingerprint density at radius 1 is 1.33 bits per heavy atom. The summed E-state index contributed by atoms with van der Waals surface area (Å²) < 4.78 is 4.89. The highest BCUT2D eigenvalue weighted by Gasteiger charge is 2.24. The highest BCUT2D eigenvalue weighted by Crippen LogP contribution is 2.10. The second kappa shape index (κ2) is 7.49.